The zero-order chi connectivity index (χ0) is 25.7. The van der Waals surface area contributed by atoms with Crippen molar-refractivity contribution < 1.29 is 32.3 Å². The molecule has 0 radical (unpaired) electrons. The molecule has 1 aromatic carbocycles. The number of rotatable bonds is 10. The smallest absolute Gasteiger partial charge is 0.280 e. The Hall–Kier alpha value is -3.13. The lowest BCUT2D eigenvalue weighted by Gasteiger charge is -2.12. The van der Waals surface area contributed by atoms with E-state index >= 15 is 0 Å². The quantitative estimate of drug-likeness (QED) is 0.307. The van der Waals surface area contributed by atoms with Crippen molar-refractivity contribution in [3.63, 3.8) is 0 Å². The minimum atomic E-state index is -3.54. The Kier molecular flexibility index (Phi) is 8.14. The van der Waals surface area contributed by atoms with Gasteiger partial charge in [0.2, 0.25) is 5.88 Å². The maximum atomic E-state index is 13.2. The van der Waals surface area contributed by atoms with E-state index in [1.165, 1.54) is 49.8 Å². The molecule has 2 atom stereocenters. The van der Waals surface area contributed by atoms with Crippen molar-refractivity contribution >= 4 is 48.3 Å². The summed E-state index contributed by atoms with van der Waals surface area (Å²) in [4.78, 5) is 28.1. The van der Waals surface area contributed by atoms with Crippen LogP contribution >= 0.6 is 11.3 Å². The van der Waals surface area contributed by atoms with E-state index in [0.29, 0.717) is 39.9 Å². The number of carbonyl (C=O) groups is 1. The van der Waals surface area contributed by atoms with Crippen molar-refractivity contribution in [1.29, 1.82) is 0 Å². The van der Waals surface area contributed by atoms with Gasteiger partial charge >= 0.3 is 0 Å². The Labute approximate surface area is 212 Å². The Morgan fingerprint density at radius 3 is 2.67 bits per heavy atom. The fraction of sp³-hybridized carbons (Fsp3) is 0.391. The van der Waals surface area contributed by atoms with Gasteiger partial charge in [0.25, 0.3) is 5.91 Å². The molecular formula is C23H26N4O7S2. The van der Waals surface area contributed by atoms with Crippen LogP contribution < -0.4 is 10.1 Å². The third-order valence-electron chi connectivity index (χ3n) is 5.38. The summed E-state index contributed by atoms with van der Waals surface area (Å²) in [6, 6.07) is 9.38. The molecule has 2 aromatic heterocycles. The Balaban J connectivity index is 1.60. The molecule has 4 rings (SSSR count). The summed E-state index contributed by atoms with van der Waals surface area (Å²) in [5.74, 6) is -0.142. The molecule has 1 saturated heterocycles. The lowest BCUT2D eigenvalue weighted by Crippen LogP contribution is -2.26. The number of hydrogen-bond acceptors (Lipinski definition) is 11. The van der Waals surface area contributed by atoms with Gasteiger partial charge in [-0.15, -0.1) is 0 Å². The zero-order valence-corrected chi connectivity index (χ0v) is 21.6. The highest BCUT2D eigenvalue weighted by atomic mass is 32.2. The third-order valence-corrected chi connectivity index (χ3v) is 8.44. The van der Waals surface area contributed by atoms with E-state index in [1.807, 2.05) is 0 Å². The number of carbonyl (C=O) groups excluding carboxylic acids is 1. The number of hydrogen-bond donors (Lipinski definition) is 1. The van der Waals surface area contributed by atoms with Gasteiger partial charge in [-0.25, -0.2) is 18.4 Å². The fourth-order valence-corrected chi connectivity index (χ4v) is 5.92. The number of thiazole rings is 1. The summed E-state index contributed by atoms with van der Waals surface area (Å²) in [6.07, 6.45) is 0.0341. The molecule has 0 spiro atoms. The van der Waals surface area contributed by atoms with Gasteiger partial charge in [0, 0.05) is 25.3 Å². The molecular weight excluding hydrogens is 508 g/mol. The van der Waals surface area contributed by atoms with Crippen molar-refractivity contribution in [2.45, 2.75) is 29.6 Å². The first-order valence-electron chi connectivity index (χ1n) is 11.1. The summed E-state index contributed by atoms with van der Waals surface area (Å²) in [7, 11) is -0.496. The molecule has 1 N–H and O–H groups in total. The normalized spacial score (nSPS) is 17.2. The predicted molar refractivity (Wildman–Crippen MR) is 134 cm³/mol. The van der Waals surface area contributed by atoms with Crippen molar-refractivity contribution in [1.82, 2.24) is 9.97 Å². The standard InChI is InChI=1S/C23H26N4O7S2/c1-14(12-31-2)34-27-20(15-4-6-16(7-5-15)36(29,30)17-10-11-33-13-17)21(28)26-23-24-18-8-9-19(32-3)25-22(18)35-23/h4-9,14,17H,10-13H2,1-3H3,(H,24,26,28)/b27-20+/t14-,17+/m1/s1. The SMILES string of the molecule is COC[C@@H](C)O/N=C(/C(=O)Nc1nc2ccc(OC)nc2s1)c1ccc(S(=O)(=O)[C@H]2CCOC2)cc1. The number of sulfone groups is 1. The number of amides is 1. The molecule has 3 aromatic rings. The second kappa shape index (κ2) is 11.3. The molecule has 0 unspecified atom stereocenters. The zero-order valence-electron chi connectivity index (χ0n) is 20.0. The number of fused-ring (bicyclic) bond motifs is 1. The number of oxime groups is 1. The van der Waals surface area contributed by atoms with Crippen molar-refractivity contribution in [2.24, 2.45) is 5.16 Å². The number of methoxy groups -OCH3 is 2. The number of pyridine rings is 1. The van der Waals surface area contributed by atoms with Crippen molar-refractivity contribution in [3.8, 4) is 5.88 Å². The molecule has 1 aliphatic heterocycles. The molecule has 0 aliphatic carbocycles. The summed E-state index contributed by atoms with van der Waals surface area (Å²) >= 11 is 1.18. The van der Waals surface area contributed by atoms with Crippen LogP contribution in [0.1, 0.15) is 18.9 Å². The van der Waals surface area contributed by atoms with Crippen LogP contribution in [0.15, 0.2) is 46.4 Å². The number of aromatic nitrogens is 2. The highest BCUT2D eigenvalue weighted by Crippen LogP contribution is 2.27. The lowest BCUT2D eigenvalue weighted by atomic mass is 10.1. The summed E-state index contributed by atoms with van der Waals surface area (Å²) in [5, 5.41) is 6.51. The second-order valence-corrected chi connectivity index (χ2v) is 11.2. The average Bonchev–Trinajstić information content (AvgIpc) is 3.54. The van der Waals surface area contributed by atoms with Crippen molar-refractivity contribution in [2.75, 3.05) is 39.4 Å². The van der Waals surface area contributed by atoms with Gasteiger partial charge in [0.1, 0.15) is 16.5 Å². The number of benzene rings is 1. The van der Waals surface area contributed by atoms with Crippen LogP contribution in [-0.2, 0) is 28.9 Å². The van der Waals surface area contributed by atoms with Gasteiger partial charge in [-0.2, -0.15) is 0 Å². The Morgan fingerprint density at radius 1 is 1.22 bits per heavy atom. The largest absolute Gasteiger partial charge is 0.481 e. The van der Waals surface area contributed by atoms with E-state index in [4.69, 9.17) is 19.0 Å². The van der Waals surface area contributed by atoms with E-state index < -0.39 is 27.1 Å². The van der Waals surface area contributed by atoms with Crippen LogP contribution in [0, 0.1) is 0 Å². The molecule has 13 heteroatoms. The molecule has 0 saturated carbocycles. The van der Waals surface area contributed by atoms with Crippen LogP contribution in [-0.4, -0.2) is 75.4 Å². The van der Waals surface area contributed by atoms with Gasteiger partial charge in [-0.1, -0.05) is 28.6 Å². The van der Waals surface area contributed by atoms with Gasteiger partial charge in [0.05, 0.1) is 30.5 Å². The van der Waals surface area contributed by atoms with Gasteiger partial charge in [-0.05, 0) is 31.5 Å². The molecule has 3 heterocycles. The third kappa shape index (κ3) is 5.81. The molecule has 11 nitrogen and oxygen atoms in total. The number of nitrogens with one attached hydrogen (secondary N) is 1. The topological polar surface area (TPSA) is 138 Å². The molecule has 1 amide bonds. The molecule has 0 bridgehead atoms. The monoisotopic (exact) mass is 534 g/mol. The highest BCUT2D eigenvalue weighted by molar-refractivity contribution is 7.92. The first-order valence-corrected chi connectivity index (χ1v) is 13.5. The highest BCUT2D eigenvalue weighted by Gasteiger charge is 2.31. The van der Waals surface area contributed by atoms with Gasteiger partial charge < -0.3 is 19.0 Å². The molecule has 1 aliphatic rings. The average molecular weight is 535 g/mol. The maximum absolute atomic E-state index is 13.2. The van der Waals surface area contributed by atoms with E-state index in [0.717, 1.165) is 0 Å². The van der Waals surface area contributed by atoms with Crippen LogP contribution in [0.4, 0.5) is 5.13 Å². The Morgan fingerprint density at radius 2 is 2.00 bits per heavy atom. The van der Waals surface area contributed by atoms with Crippen LogP contribution in [0.25, 0.3) is 10.3 Å². The molecule has 36 heavy (non-hydrogen) atoms. The van der Waals surface area contributed by atoms with E-state index in [1.54, 1.807) is 19.1 Å². The summed E-state index contributed by atoms with van der Waals surface area (Å²) < 4.78 is 41.1. The maximum Gasteiger partial charge on any atom is 0.280 e. The summed E-state index contributed by atoms with van der Waals surface area (Å²) in [6.45, 7) is 2.61. The Bertz CT molecular complexity index is 1350. The van der Waals surface area contributed by atoms with E-state index in [2.05, 4.69) is 20.4 Å². The van der Waals surface area contributed by atoms with Gasteiger partial charge in [0.15, 0.2) is 20.7 Å². The number of anilines is 1. The fourth-order valence-electron chi connectivity index (χ4n) is 3.51. The summed E-state index contributed by atoms with van der Waals surface area (Å²) in [5.41, 5.74) is 0.931. The first kappa shape index (κ1) is 25.9. The second-order valence-electron chi connectivity index (χ2n) is 8.02. The van der Waals surface area contributed by atoms with Crippen molar-refractivity contribution in [3.05, 3.63) is 42.0 Å². The minimum absolute atomic E-state index is 0.0455. The molecule has 1 fully saturated rings. The minimum Gasteiger partial charge on any atom is -0.481 e. The lowest BCUT2D eigenvalue weighted by molar-refractivity contribution is -0.110. The number of nitrogens with zero attached hydrogens (tertiary/aromatic N) is 3. The van der Waals surface area contributed by atoms with E-state index in [9.17, 15) is 13.2 Å². The molecule has 192 valence electrons. The predicted octanol–water partition coefficient (Wildman–Crippen LogP) is 2.66. The van der Waals surface area contributed by atoms with Gasteiger partial charge in [-0.3, -0.25) is 10.1 Å². The van der Waals surface area contributed by atoms with Crippen LogP contribution in [0.3, 0.4) is 0 Å². The van der Waals surface area contributed by atoms with E-state index in [-0.39, 0.29) is 23.8 Å². The van der Waals surface area contributed by atoms with Crippen LogP contribution in [0.2, 0.25) is 0 Å². The van der Waals surface area contributed by atoms with Crippen LogP contribution in [0.5, 0.6) is 5.88 Å². The number of ether oxygens (including phenoxy) is 3. The first-order chi connectivity index (χ1) is 17.3.